The molecule has 9 heteroatoms. The molecule has 5 heterocycles. The van der Waals surface area contributed by atoms with Crippen LogP contribution in [0, 0.1) is 0 Å². The third-order valence-corrected chi connectivity index (χ3v) is 9.39. The molecule has 2 aromatic heterocycles. The van der Waals surface area contributed by atoms with Gasteiger partial charge in [0.1, 0.15) is 5.75 Å². The van der Waals surface area contributed by atoms with Gasteiger partial charge in [-0.05, 0) is 55.7 Å². The number of likely N-dealkylation sites (tertiary alicyclic amines) is 1. The first kappa shape index (κ1) is 25.2. The summed E-state index contributed by atoms with van der Waals surface area (Å²) in [6.07, 6.45) is 5.48. The Labute approximate surface area is 240 Å². The fourth-order valence-corrected chi connectivity index (χ4v) is 7.34. The summed E-state index contributed by atoms with van der Waals surface area (Å²) >= 11 is 8.15. The molecule has 0 spiro atoms. The first-order valence-corrected chi connectivity index (χ1v) is 14.8. The maximum atomic E-state index is 13.2. The Kier molecular flexibility index (Phi) is 6.32. The predicted octanol–water partition coefficient (Wildman–Crippen LogP) is 5.77. The number of hydrogen-bond acceptors (Lipinski definition) is 6. The number of halogens is 1. The highest BCUT2D eigenvalue weighted by Crippen LogP contribution is 2.45. The van der Waals surface area contributed by atoms with Crippen LogP contribution in [0.1, 0.15) is 50.4 Å². The van der Waals surface area contributed by atoms with Gasteiger partial charge >= 0.3 is 0 Å². The third kappa shape index (κ3) is 4.26. The molecule has 2 aromatic carbocycles. The summed E-state index contributed by atoms with van der Waals surface area (Å²) in [5.41, 5.74) is 4.46. The Hall–Kier alpha value is -3.75. The van der Waals surface area contributed by atoms with Gasteiger partial charge in [-0.15, -0.1) is 11.3 Å². The van der Waals surface area contributed by atoms with Crippen molar-refractivity contribution >= 4 is 50.9 Å². The molecule has 0 N–H and O–H groups in total. The first-order valence-electron chi connectivity index (χ1n) is 13.6. The fourth-order valence-electron chi connectivity index (χ4n) is 5.97. The van der Waals surface area contributed by atoms with Crippen molar-refractivity contribution < 1.29 is 19.1 Å². The van der Waals surface area contributed by atoms with E-state index in [1.54, 1.807) is 41.8 Å². The van der Waals surface area contributed by atoms with Gasteiger partial charge in [0.2, 0.25) is 0 Å². The standard InChI is InChI=1S/C31H26ClN3O4S/c32-19-14-18-15-26(31(38)34-11-4-1-5-12-34)39-27(18)24(16-19)21-8-10-33-25-17-20(40-28(21)25)9-13-35-29(36)22-6-2-3-7-23(22)30(35)37/h2-3,6-8,10,14,16-17,26H,1,4-5,9,11-13,15H2/t26-/m1/s1. The first-order chi connectivity index (χ1) is 19.5. The molecule has 40 heavy (non-hydrogen) atoms. The van der Waals surface area contributed by atoms with E-state index in [9.17, 15) is 14.4 Å². The zero-order chi connectivity index (χ0) is 27.4. The molecule has 3 amide bonds. The highest BCUT2D eigenvalue weighted by atomic mass is 35.5. The van der Waals surface area contributed by atoms with E-state index in [0.717, 1.165) is 64.1 Å². The number of hydrogen-bond donors (Lipinski definition) is 0. The van der Waals surface area contributed by atoms with E-state index >= 15 is 0 Å². The van der Waals surface area contributed by atoms with E-state index in [4.69, 9.17) is 16.3 Å². The van der Waals surface area contributed by atoms with Crippen LogP contribution >= 0.6 is 22.9 Å². The second-order valence-corrected chi connectivity index (χ2v) is 12.1. The number of amides is 3. The minimum Gasteiger partial charge on any atom is -0.479 e. The van der Waals surface area contributed by atoms with Crippen LogP contribution in [0.15, 0.2) is 54.7 Å². The van der Waals surface area contributed by atoms with E-state index in [1.807, 2.05) is 29.2 Å². The smallest absolute Gasteiger partial charge is 0.263 e. The van der Waals surface area contributed by atoms with Crippen molar-refractivity contribution in [1.29, 1.82) is 0 Å². The number of carbonyl (C=O) groups excluding carboxylic acids is 3. The molecule has 0 bridgehead atoms. The van der Waals surface area contributed by atoms with Gasteiger partial charge in [-0.2, -0.15) is 0 Å². The lowest BCUT2D eigenvalue weighted by molar-refractivity contribution is -0.138. The molecule has 3 aliphatic rings. The molecule has 3 aliphatic heterocycles. The van der Waals surface area contributed by atoms with Gasteiger partial charge in [0.05, 0.1) is 21.3 Å². The molecule has 0 radical (unpaired) electrons. The lowest BCUT2D eigenvalue weighted by Gasteiger charge is -2.28. The maximum absolute atomic E-state index is 13.2. The normalized spacial score (nSPS) is 18.3. The predicted molar refractivity (Wildman–Crippen MR) is 154 cm³/mol. The van der Waals surface area contributed by atoms with Crippen molar-refractivity contribution in [1.82, 2.24) is 14.8 Å². The SMILES string of the molecule is O=C([C@H]1Cc2cc(Cl)cc(-c3ccnc4cc(CCN5C(=O)c6ccccc6C5=O)sc34)c2O1)N1CCCCC1. The molecule has 7 rings (SSSR count). The number of carbonyl (C=O) groups is 3. The number of ether oxygens (including phenoxy) is 1. The molecule has 0 saturated carbocycles. The van der Waals surface area contributed by atoms with E-state index in [-0.39, 0.29) is 17.7 Å². The van der Waals surface area contributed by atoms with E-state index in [2.05, 4.69) is 4.98 Å². The molecular weight excluding hydrogens is 546 g/mol. The fraction of sp³-hybridized carbons (Fsp3) is 0.290. The second kappa shape index (κ2) is 10.0. The molecule has 202 valence electrons. The number of rotatable bonds is 5. The van der Waals surface area contributed by atoms with E-state index < -0.39 is 6.10 Å². The summed E-state index contributed by atoms with van der Waals surface area (Å²) in [6.45, 7) is 1.86. The molecule has 1 fully saturated rings. The summed E-state index contributed by atoms with van der Waals surface area (Å²) in [5, 5.41) is 0.593. The van der Waals surface area contributed by atoms with Crippen LogP contribution in [0.3, 0.4) is 0 Å². The number of aromatic nitrogens is 1. The van der Waals surface area contributed by atoms with Crippen molar-refractivity contribution in [2.75, 3.05) is 19.6 Å². The average Bonchev–Trinajstić information content (AvgIpc) is 3.66. The molecule has 4 aromatic rings. The van der Waals surface area contributed by atoms with Crippen molar-refractivity contribution in [2.45, 2.75) is 38.2 Å². The van der Waals surface area contributed by atoms with Crippen molar-refractivity contribution in [3.63, 3.8) is 0 Å². The van der Waals surface area contributed by atoms with Gasteiger partial charge in [0.15, 0.2) is 6.10 Å². The van der Waals surface area contributed by atoms with Crippen LogP contribution in [-0.4, -0.2) is 58.2 Å². The third-order valence-electron chi connectivity index (χ3n) is 7.95. The van der Waals surface area contributed by atoms with Gasteiger partial charge < -0.3 is 9.64 Å². The highest BCUT2D eigenvalue weighted by Gasteiger charge is 2.36. The zero-order valence-corrected chi connectivity index (χ0v) is 23.3. The molecule has 0 aliphatic carbocycles. The van der Waals surface area contributed by atoms with Crippen LogP contribution in [0.25, 0.3) is 21.3 Å². The number of nitrogens with zero attached hydrogens (tertiary/aromatic N) is 3. The summed E-state index contributed by atoms with van der Waals surface area (Å²) in [4.78, 5) is 47.7. The minimum absolute atomic E-state index is 0.0458. The van der Waals surface area contributed by atoms with Crippen LogP contribution in [0.2, 0.25) is 5.02 Å². The van der Waals surface area contributed by atoms with Crippen LogP contribution in [0.4, 0.5) is 0 Å². The molecule has 7 nitrogen and oxygen atoms in total. The largest absolute Gasteiger partial charge is 0.479 e. The van der Waals surface area contributed by atoms with Gasteiger partial charge in [-0.25, -0.2) is 0 Å². The number of pyridine rings is 1. The van der Waals surface area contributed by atoms with Crippen LogP contribution < -0.4 is 4.74 Å². The number of piperidine rings is 1. The van der Waals surface area contributed by atoms with Gasteiger partial charge in [-0.3, -0.25) is 24.3 Å². The average molecular weight is 572 g/mol. The Morgan fingerprint density at radius 3 is 2.48 bits per heavy atom. The minimum atomic E-state index is -0.541. The Balaban J connectivity index is 1.16. The lowest BCUT2D eigenvalue weighted by Crippen LogP contribution is -2.43. The number of imide groups is 1. The van der Waals surface area contributed by atoms with Gasteiger partial charge in [0.25, 0.3) is 17.7 Å². The zero-order valence-electron chi connectivity index (χ0n) is 21.7. The van der Waals surface area contributed by atoms with Crippen LogP contribution in [0.5, 0.6) is 5.75 Å². The quantitative estimate of drug-likeness (QED) is 0.284. The molecular formula is C31H26ClN3O4S. The summed E-state index contributed by atoms with van der Waals surface area (Å²) < 4.78 is 7.31. The van der Waals surface area contributed by atoms with Crippen LogP contribution in [-0.2, 0) is 17.6 Å². The maximum Gasteiger partial charge on any atom is 0.263 e. The Morgan fingerprint density at radius 2 is 1.73 bits per heavy atom. The number of fused-ring (bicyclic) bond motifs is 3. The molecule has 1 atom stereocenters. The number of thiophene rings is 1. The van der Waals surface area contributed by atoms with E-state index in [0.29, 0.717) is 41.3 Å². The number of benzene rings is 2. The Bertz CT molecular complexity index is 1660. The molecule has 1 saturated heterocycles. The van der Waals surface area contributed by atoms with Crippen molar-refractivity contribution in [2.24, 2.45) is 0 Å². The topological polar surface area (TPSA) is 79.8 Å². The van der Waals surface area contributed by atoms with Gasteiger partial charge in [-0.1, -0.05) is 23.7 Å². The monoisotopic (exact) mass is 571 g/mol. The summed E-state index contributed by atoms with van der Waals surface area (Å²) in [5.74, 6) is 0.249. The van der Waals surface area contributed by atoms with Crippen molar-refractivity contribution in [3.8, 4) is 16.9 Å². The summed E-state index contributed by atoms with van der Waals surface area (Å²) in [6, 6.07) is 14.7. The second-order valence-electron chi connectivity index (χ2n) is 10.5. The summed E-state index contributed by atoms with van der Waals surface area (Å²) in [7, 11) is 0. The Morgan fingerprint density at radius 1 is 0.975 bits per heavy atom. The van der Waals surface area contributed by atoms with Crippen molar-refractivity contribution in [3.05, 3.63) is 81.3 Å². The lowest BCUT2D eigenvalue weighted by atomic mass is 10.0. The molecule has 0 unspecified atom stereocenters. The highest BCUT2D eigenvalue weighted by molar-refractivity contribution is 7.19. The van der Waals surface area contributed by atoms with Gasteiger partial charge in [0, 0.05) is 65.3 Å². The van der Waals surface area contributed by atoms with E-state index in [1.165, 1.54) is 4.90 Å².